The first kappa shape index (κ1) is 16.9. The highest BCUT2D eigenvalue weighted by Gasteiger charge is 2.25. The number of pyridine rings is 2. The van der Waals surface area contributed by atoms with Gasteiger partial charge in [-0.15, -0.1) is 0 Å². The van der Waals surface area contributed by atoms with Crippen LogP contribution in [0.3, 0.4) is 0 Å². The SMILES string of the molecule is CN1CCC(NC(c2ccccn2)c2ccc3cccnc3c2O)CC1. The van der Waals surface area contributed by atoms with Crippen molar-refractivity contribution in [3.63, 3.8) is 0 Å². The minimum Gasteiger partial charge on any atom is -0.505 e. The lowest BCUT2D eigenvalue weighted by Gasteiger charge is -2.33. The van der Waals surface area contributed by atoms with Gasteiger partial charge in [0, 0.05) is 29.4 Å². The number of phenols is 1. The van der Waals surface area contributed by atoms with Crippen LogP contribution in [0.4, 0.5) is 0 Å². The Labute approximate surface area is 153 Å². The molecule has 5 nitrogen and oxygen atoms in total. The fraction of sp³-hybridized carbons (Fsp3) is 0.333. The van der Waals surface area contributed by atoms with E-state index in [2.05, 4.69) is 27.2 Å². The highest BCUT2D eigenvalue weighted by atomic mass is 16.3. The Bertz CT molecular complexity index is 876. The molecular weight excluding hydrogens is 324 g/mol. The van der Waals surface area contributed by atoms with Gasteiger partial charge in [0.2, 0.25) is 0 Å². The Balaban J connectivity index is 1.72. The molecule has 0 aliphatic carbocycles. The van der Waals surface area contributed by atoms with Crippen molar-refractivity contribution in [2.75, 3.05) is 20.1 Å². The summed E-state index contributed by atoms with van der Waals surface area (Å²) in [4.78, 5) is 11.3. The molecule has 2 aromatic heterocycles. The molecule has 3 heterocycles. The summed E-state index contributed by atoms with van der Waals surface area (Å²) in [7, 11) is 2.16. The van der Waals surface area contributed by atoms with E-state index in [1.165, 1.54) is 0 Å². The quantitative estimate of drug-likeness (QED) is 0.759. The molecule has 1 unspecified atom stereocenters. The Morgan fingerprint density at radius 2 is 1.85 bits per heavy atom. The molecule has 1 atom stereocenters. The van der Waals surface area contributed by atoms with Crippen molar-refractivity contribution in [3.05, 3.63) is 66.1 Å². The van der Waals surface area contributed by atoms with Crippen molar-refractivity contribution in [2.24, 2.45) is 0 Å². The number of piperidine rings is 1. The lowest BCUT2D eigenvalue weighted by Crippen LogP contribution is -2.42. The van der Waals surface area contributed by atoms with Crippen molar-refractivity contribution in [3.8, 4) is 5.75 Å². The topological polar surface area (TPSA) is 61.3 Å². The molecule has 4 rings (SSSR count). The predicted octanol–water partition coefficient (Wildman–Crippen LogP) is 3.11. The molecular formula is C21H24N4O. The van der Waals surface area contributed by atoms with Crippen LogP contribution >= 0.6 is 0 Å². The maximum Gasteiger partial charge on any atom is 0.146 e. The molecule has 1 aliphatic rings. The summed E-state index contributed by atoms with van der Waals surface area (Å²) in [6.07, 6.45) is 5.69. The number of nitrogens with one attached hydrogen (secondary N) is 1. The van der Waals surface area contributed by atoms with Gasteiger partial charge in [0.05, 0.1) is 11.7 Å². The molecule has 0 radical (unpaired) electrons. The minimum atomic E-state index is -0.156. The molecule has 1 aromatic carbocycles. The Morgan fingerprint density at radius 1 is 1.04 bits per heavy atom. The first-order chi connectivity index (χ1) is 12.7. The summed E-state index contributed by atoms with van der Waals surface area (Å²) in [6, 6.07) is 14.0. The van der Waals surface area contributed by atoms with Crippen LogP contribution in [-0.2, 0) is 0 Å². The third kappa shape index (κ3) is 3.41. The first-order valence-electron chi connectivity index (χ1n) is 9.14. The van der Waals surface area contributed by atoms with E-state index in [1.807, 2.05) is 42.5 Å². The van der Waals surface area contributed by atoms with Gasteiger partial charge in [0.15, 0.2) is 0 Å². The van der Waals surface area contributed by atoms with Crippen LogP contribution < -0.4 is 5.32 Å². The highest BCUT2D eigenvalue weighted by molar-refractivity contribution is 5.85. The number of nitrogens with zero attached hydrogens (tertiary/aromatic N) is 3. The van der Waals surface area contributed by atoms with Gasteiger partial charge in [-0.1, -0.05) is 24.3 Å². The number of likely N-dealkylation sites (tertiary alicyclic amines) is 1. The van der Waals surface area contributed by atoms with Crippen LogP contribution in [0.15, 0.2) is 54.9 Å². The standard InChI is InChI=1S/C21H24N4O/c1-25-13-9-16(10-14-25)24-20(18-6-2-3-11-22-18)17-8-7-15-5-4-12-23-19(15)21(17)26/h2-8,11-12,16,20,24,26H,9-10,13-14H2,1H3. The number of benzene rings is 1. The third-order valence-electron chi connectivity index (χ3n) is 5.19. The second-order valence-electron chi connectivity index (χ2n) is 7.01. The normalized spacial score (nSPS) is 17.4. The second-order valence-corrected chi connectivity index (χ2v) is 7.01. The monoisotopic (exact) mass is 348 g/mol. The molecule has 1 fully saturated rings. The molecule has 134 valence electrons. The van der Waals surface area contributed by atoms with Gasteiger partial charge in [-0.2, -0.15) is 0 Å². The van der Waals surface area contributed by atoms with Gasteiger partial charge >= 0.3 is 0 Å². The van der Waals surface area contributed by atoms with Crippen LogP contribution in [0.5, 0.6) is 5.75 Å². The molecule has 3 aromatic rings. The van der Waals surface area contributed by atoms with Crippen molar-refractivity contribution in [2.45, 2.75) is 24.9 Å². The maximum absolute atomic E-state index is 10.9. The summed E-state index contributed by atoms with van der Waals surface area (Å²) < 4.78 is 0. The van der Waals surface area contributed by atoms with Crippen LogP contribution in [-0.4, -0.2) is 46.2 Å². The highest BCUT2D eigenvalue weighted by Crippen LogP contribution is 2.34. The number of phenolic OH excluding ortho intramolecular Hbond substituents is 1. The predicted molar refractivity (Wildman–Crippen MR) is 103 cm³/mol. The van der Waals surface area contributed by atoms with Crippen molar-refractivity contribution < 1.29 is 5.11 Å². The molecule has 2 N–H and O–H groups in total. The van der Waals surface area contributed by atoms with Gasteiger partial charge in [0.25, 0.3) is 0 Å². The van der Waals surface area contributed by atoms with E-state index in [-0.39, 0.29) is 11.8 Å². The molecule has 0 bridgehead atoms. The Hall–Kier alpha value is -2.50. The smallest absolute Gasteiger partial charge is 0.146 e. The van der Waals surface area contributed by atoms with Crippen LogP contribution in [0.1, 0.15) is 30.1 Å². The minimum absolute atomic E-state index is 0.156. The Morgan fingerprint density at radius 3 is 2.62 bits per heavy atom. The fourth-order valence-electron chi connectivity index (χ4n) is 3.67. The van der Waals surface area contributed by atoms with Crippen LogP contribution in [0.2, 0.25) is 0 Å². The molecule has 0 amide bonds. The van der Waals surface area contributed by atoms with E-state index < -0.39 is 0 Å². The average molecular weight is 348 g/mol. The molecule has 1 saturated heterocycles. The lowest BCUT2D eigenvalue weighted by molar-refractivity contribution is 0.228. The van der Waals surface area contributed by atoms with Crippen LogP contribution in [0, 0.1) is 0 Å². The second kappa shape index (κ2) is 7.40. The molecule has 5 heteroatoms. The van der Waals surface area contributed by atoms with E-state index in [9.17, 15) is 5.11 Å². The van der Waals surface area contributed by atoms with Gasteiger partial charge in [-0.25, -0.2) is 0 Å². The maximum atomic E-state index is 10.9. The van der Waals surface area contributed by atoms with Gasteiger partial charge in [-0.3, -0.25) is 9.97 Å². The molecule has 26 heavy (non-hydrogen) atoms. The number of hydrogen-bond donors (Lipinski definition) is 2. The summed E-state index contributed by atoms with van der Waals surface area (Å²) in [5, 5.41) is 15.6. The average Bonchev–Trinajstić information content (AvgIpc) is 2.69. The molecule has 1 aliphatic heterocycles. The largest absolute Gasteiger partial charge is 0.505 e. The number of fused-ring (bicyclic) bond motifs is 1. The Kier molecular flexibility index (Phi) is 4.82. The fourth-order valence-corrected chi connectivity index (χ4v) is 3.67. The lowest BCUT2D eigenvalue weighted by atomic mass is 9.96. The number of aromatic nitrogens is 2. The summed E-state index contributed by atoms with van der Waals surface area (Å²) in [5.74, 6) is 0.235. The summed E-state index contributed by atoms with van der Waals surface area (Å²) in [5.41, 5.74) is 2.38. The third-order valence-corrected chi connectivity index (χ3v) is 5.19. The van der Waals surface area contributed by atoms with E-state index in [4.69, 9.17) is 0 Å². The number of rotatable bonds is 4. The van der Waals surface area contributed by atoms with E-state index >= 15 is 0 Å². The number of hydrogen-bond acceptors (Lipinski definition) is 5. The zero-order valence-corrected chi connectivity index (χ0v) is 15.0. The zero-order valence-electron chi connectivity index (χ0n) is 15.0. The molecule has 0 saturated carbocycles. The molecule has 0 spiro atoms. The van der Waals surface area contributed by atoms with Crippen LogP contribution in [0.25, 0.3) is 10.9 Å². The van der Waals surface area contributed by atoms with Gasteiger partial charge < -0.3 is 15.3 Å². The van der Waals surface area contributed by atoms with Gasteiger partial charge in [0.1, 0.15) is 11.3 Å². The van der Waals surface area contributed by atoms with Crippen molar-refractivity contribution in [1.29, 1.82) is 0 Å². The van der Waals surface area contributed by atoms with Crippen molar-refractivity contribution in [1.82, 2.24) is 20.2 Å². The zero-order chi connectivity index (χ0) is 17.9. The first-order valence-corrected chi connectivity index (χ1v) is 9.14. The van der Waals surface area contributed by atoms with Crippen molar-refractivity contribution >= 4 is 10.9 Å². The summed E-state index contributed by atoms with van der Waals surface area (Å²) in [6.45, 7) is 2.16. The number of aromatic hydroxyl groups is 1. The van der Waals surface area contributed by atoms with E-state index in [0.717, 1.165) is 42.6 Å². The van der Waals surface area contributed by atoms with E-state index in [1.54, 1.807) is 12.4 Å². The van der Waals surface area contributed by atoms with Gasteiger partial charge in [-0.05, 0) is 51.2 Å². The summed E-state index contributed by atoms with van der Waals surface area (Å²) >= 11 is 0. The van der Waals surface area contributed by atoms with E-state index in [0.29, 0.717) is 11.6 Å².